The molecule has 0 fully saturated rings. The van der Waals surface area contributed by atoms with Gasteiger partial charge in [-0.3, -0.25) is 9.36 Å². The van der Waals surface area contributed by atoms with E-state index in [9.17, 15) is 41.0 Å². The van der Waals surface area contributed by atoms with Crippen LogP contribution in [0.2, 0.25) is 0 Å². The van der Waals surface area contributed by atoms with Crippen LogP contribution < -0.4 is 15.0 Å². The molecule has 1 aliphatic rings. The lowest BCUT2D eigenvalue weighted by Crippen LogP contribution is -2.33. The first-order chi connectivity index (χ1) is 16.3. The van der Waals surface area contributed by atoms with Crippen molar-refractivity contribution in [3.63, 3.8) is 0 Å². The molecule has 0 amide bonds. The van der Waals surface area contributed by atoms with Crippen molar-refractivity contribution in [1.82, 2.24) is 4.57 Å². The van der Waals surface area contributed by atoms with Crippen LogP contribution in [0.15, 0.2) is 41.2 Å². The summed E-state index contributed by atoms with van der Waals surface area (Å²) in [7, 11) is 0. The van der Waals surface area contributed by atoms with Crippen molar-refractivity contribution in [2.24, 2.45) is 0 Å². The molecular weight excluding hydrogens is 488 g/mol. The van der Waals surface area contributed by atoms with Gasteiger partial charge in [0.25, 0.3) is 5.56 Å². The lowest BCUT2D eigenvalue weighted by molar-refractivity contribution is -0.274. The van der Waals surface area contributed by atoms with Gasteiger partial charge >= 0.3 is 18.5 Å². The number of hydrogen-bond donors (Lipinski definition) is 1. The third-order valence-corrected chi connectivity index (χ3v) is 5.21. The van der Waals surface area contributed by atoms with Crippen LogP contribution in [0.5, 0.6) is 17.2 Å². The largest absolute Gasteiger partial charge is 0.573 e. The molecule has 1 atom stereocenters. The molecule has 7 nitrogen and oxygen atoms in total. The van der Waals surface area contributed by atoms with Crippen molar-refractivity contribution in [3.8, 4) is 17.2 Å². The highest BCUT2D eigenvalue weighted by atomic mass is 19.4. The van der Waals surface area contributed by atoms with Gasteiger partial charge in [0.05, 0.1) is 24.2 Å². The number of nitrogens with zero attached hydrogens (tertiary/aromatic N) is 1. The number of carbonyl (C=O) groups excluding carboxylic acids is 1. The van der Waals surface area contributed by atoms with E-state index in [4.69, 9.17) is 9.47 Å². The standard InChI is InChI=1S/C22H15F6NO6/c1-2-33-20(32)16-18(30)13-7-12(35-22(26,27)28)8-14-17(13)29(19(16)31)9-15(34-14)10-3-5-11(6-4-10)21(23,24)25/h3-8,15,30H,2,9H2,1H3. The summed E-state index contributed by atoms with van der Waals surface area (Å²) in [6.07, 6.45) is -10.8. The Hall–Kier alpha value is -3.90. The number of benzene rings is 2. The van der Waals surface area contributed by atoms with E-state index in [0.717, 1.165) is 41.0 Å². The van der Waals surface area contributed by atoms with Gasteiger partial charge in [-0.25, -0.2) is 4.79 Å². The highest BCUT2D eigenvalue weighted by Gasteiger charge is 2.35. The Morgan fingerprint density at radius 1 is 1.14 bits per heavy atom. The molecule has 0 saturated carbocycles. The zero-order valence-electron chi connectivity index (χ0n) is 17.7. The average molecular weight is 503 g/mol. The molecule has 0 aliphatic carbocycles. The molecule has 1 N–H and O–H groups in total. The first-order valence-electron chi connectivity index (χ1n) is 10.0. The quantitative estimate of drug-likeness (QED) is 0.401. The van der Waals surface area contributed by atoms with Crippen LogP contribution in [-0.2, 0) is 17.5 Å². The number of hydrogen-bond acceptors (Lipinski definition) is 6. The molecule has 1 unspecified atom stereocenters. The van der Waals surface area contributed by atoms with E-state index in [2.05, 4.69) is 4.74 Å². The maximum atomic E-state index is 13.1. The molecule has 0 bridgehead atoms. The van der Waals surface area contributed by atoms with E-state index in [0.29, 0.717) is 0 Å². The summed E-state index contributed by atoms with van der Waals surface area (Å²) in [4.78, 5) is 25.5. The average Bonchev–Trinajstić information content (AvgIpc) is 2.75. The first kappa shape index (κ1) is 24.2. The second-order valence-electron chi connectivity index (χ2n) is 7.45. The predicted octanol–water partition coefficient (Wildman–Crippen LogP) is 4.93. The number of pyridine rings is 1. The minimum atomic E-state index is -5.12. The maximum Gasteiger partial charge on any atom is 0.573 e. The van der Waals surface area contributed by atoms with Crippen LogP contribution in [-0.4, -0.2) is 28.6 Å². The molecule has 2 aromatic carbocycles. The number of aromatic nitrogens is 1. The summed E-state index contributed by atoms with van der Waals surface area (Å²) in [5, 5.41) is 10.2. The zero-order chi connectivity index (χ0) is 25.7. The topological polar surface area (TPSA) is 87.0 Å². The molecule has 3 aromatic rings. The van der Waals surface area contributed by atoms with Crippen molar-refractivity contribution in [2.45, 2.75) is 32.1 Å². The van der Waals surface area contributed by atoms with E-state index in [1.165, 1.54) is 6.92 Å². The van der Waals surface area contributed by atoms with Crippen LogP contribution >= 0.6 is 0 Å². The molecular formula is C22H15F6NO6. The fourth-order valence-corrected chi connectivity index (χ4v) is 3.77. The zero-order valence-corrected chi connectivity index (χ0v) is 17.7. The van der Waals surface area contributed by atoms with Gasteiger partial charge in [-0.15, -0.1) is 13.2 Å². The number of halogens is 6. The molecule has 2 heterocycles. The summed E-state index contributed by atoms with van der Waals surface area (Å²) in [6, 6.07) is 5.38. The molecule has 13 heteroatoms. The van der Waals surface area contributed by atoms with Crippen molar-refractivity contribution < 1.29 is 50.5 Å². The van der Waals surface area contributed by atoms with Gasteiger partial charge in [-0.05, 0) is 30.7 Å². The summed E-state index contributed by atoms with van der Waals surface area (Å²) in [5.41, 5.74) is -2.72. The Balaban J connectivity index is 1.90. The molecule has 186 valence electrons. The van der Waals surface area contributed by atoms with Crippen molar-refractivity contribution in [3.05, 3.63) is 63.4 Å². The number of aromatic hydroxyl groups is 1. The second-order valence-corrected chi connectivity index (χ2v) is 7.45. The van der Waals surface area contributed by atoms with Crippen LogP contribution in [0, 0.1) is 0 Å². The number of alkyl halides is 6. The SMILES string of the molecule is CCOC(=O)c1c(O)c2cc(OC(F)(F)F)cc3c2n(c1=O)CC(c1ccc(C(F)(F)F)cc1)O3. The molecule has 0 saturated heterocycles. The monoisotopic (exact) mass is 503 g/mol. The Morgan fingerprint density at radius 2 is 1.80 bits per heavy atom. The minimum Gasteiger partial charge on any atom is -0.506 e. The summed E-state index contributed by atoms with van der Waals surface area (Å²) >= 11 is 0. The van der Waals surface area contributed by atoms with Gasteiger partial charge in [-0.2, -0.15) is 13.2 Å². The normalized spacial score (nSPS) is 15.6. The third kappa shape index (κ3) is 4.57. The number of esters is 1. The fourth-order valence-electron chi connectivity index (χ4n) is 3.77. The number of carbonyl (C=O) groups is 1. The molecule has 1 aliphatic heterocycles. The molecule has 0 radical (unpaired) electrons. The highest BCUT2D eigenvalue weighted by molar-refractivity contribution is 6.01. The van der Waals surface area contributed by atoms with Gasteiger partial charge in [0, 0.05) is 11.5 Å². The van der Waals surface area contributed by atoms with Crippen LogP contribution in [0.1, 0.15) is 34.5 Å². The van der Waals surface area contributed by atoms with E-state index in [1.54, 1.807) is 0 Å². The van der Waals surface area contributed by atoms with Gasteiger partial charge in [-0.1, -0.05) is 12.1 Å². The van der Waals surface area contributed by atoms with Gasteiger partial charge in [0.15, 0.2) is 5.56 Å². The molecule has 1 aromatic heterocycles. The molecule has 0 spiro atoms. The Morgan fingerprint density at radius 3 is 2.37 bits per heavy atom. The number of rotatable bonds is 4. The van der Waals surface area contributed by atoms with E-state index >= 15 is 0 Å². The van der Waals surface area contributed by atoms with Crippen LogP contribution in [0.4, 0.5) is 26.3 Å². The van der Waals surface area contributed by atoms with Gasteiger partial charge in [0.2, 0.25) is 0 Å². The van der Waals surface area contributed by atoms with Crippen LogP contribution in [0.25, 0.3) is 10.9 Å². The summed E-state index contributed by atoms with van der Waals surface area (Å²) in [5.74, 6) is -3.27. The fraction of sp³-hybridized carbons (Fsp3) is 0.273. The minimum absolute atomic E-state index is 0.127. The highest BCUT2D eigenvalue weighted by Crippen LogP contribution is 2.43. The third-order valence-electron chi connectivity index (χ3n) is 5.21. The lowest BCUT2D eigenvalue weighted by atomic mass is 10.0. The number of ether oxygens (including phenoxy) is 3. The molecule has 35 heavy (non-hydrogen) atoms. The maximum absolute atomic E-state index is 13.1. The first-order valence-corrected chi connectivity index (χ1v) is 10.0. The van der Waals surface area contributed by atoms with Gasteiger partial charge in [0.1, 0.15) is 23.4 Å². The van der Waals surface area contributed by atoms with E-state index in [1.807, 2.05) is 0 Å². The van der Waals surface area contributed by atoms with Gasteiger partial charge < -0.3 is 19.3 Å². The smallest absolute Gasteiger partial charge is 0.506 e. The summed E-state index contributed by atoms with van der Waals surface area (Å²) in [6.45, 7) is 0.967. The van der Waals surface area contributed by atoms with Crippen LogP contribution in [0.3, 0.4) is 0 Å². The summed E-state index contributed by atoms with van der Waals surface area (Å²) < 4.78 is 92.8. The second kappa shape index (κ2) is 8.40. The Bertz CT molecular complexity index is 1360. The van der Waals surface area contributed by atoms with Crippen molar-refractivity contribution >= 4 is 16.9 Å². The predicted molar refractivity (Wildman–Crippen MR) is 107 cm³/mol. The molecule has 4 rings (SSSR count). The van der Waals surface area contributed by atoms with Crippen molar-refractivity contribution in [2.75, 3.05) is 6.61 Å². The Kier molecular flexibility index (Phi) is 5.81. The Labute approximate surface area is 192 Å². The van der Waals surface area contributed by atoms with E-state index < -0.39 is 52.8 Å². The lowest BCUT2D eigenvalue weighted by Gasteiger charge is -2.29. The van der Waals surface area contributed by atoms with E-state index in [-0.39, 0.29) is 35.4 Å². The van der Waals surface area contributed by atoms with Crippen molar-refractivity contribution in [1.29, 1.82) is 0 Å².